The van der Waals surface area contributed by atoms with E-state index in [1.54, 1.807) is 13.0 Å². The van der Waals surface area contributed by atoms with Crippen molar-refractivity contribution >= 4 is 23.2 Å². The maximum atomic E-state index is 12.3. The van der Waals surface area contributed by atoms with Crippen LogP contribution in [-0.2, 0) is 9.53 Å². The predicted octanol–water partition coefficient (Wildman–Crippen LogP) is 1.34. The molecule has 0 aromatic carbocycles. The maximum absolute atomic E-state index is 12.3. The number of thiophene rings is 1. The number of nitrogens with one attached hydrogen (secondary N) is 2. The second-order valence-corrected chi connectivity index (χ2v) is 7.33. The fourth-order valence-corrected chi connectivity index (χ4v) is 3.42. The third-order valence-corrected chi connectivity index (χ3v) is 5.12. The van der Waals surface area contributed by atoms with Gasteiger partial charge in [0.05, 0.1) is 18.1 Å². The van der Waals surface area contributed by atoms with Gasteiger partial charge in [-0.15, -0.1) is 11.3 Å². The molecule has 1 aromatic heterocycles. The summed E-state index contributed by atoms with van der Waals surface area (Å²) in [6.45, 7) is 9.87. The van der Waals surface area contributed by atoms with Crippen LogP contribution in [0.2, 0.25) is 0 Å². The molecule has 0 saturated carbocycles. The predicted molar refractivity (Wildman–Crippen MR) is 95.3 cm³/mol. The van der Waals surface area contributed by atoms with E-state index in [0.717, 1.165) is 26.3 Å². The summed E-state index contributed by atoms with van der Waals surface area (Å²) in [6, 6.07) is 3.28. The van der Waals surface area contributed by atoms with Crippen LogP contribution in [0.1, 0.15) is 30.4 Å². The van der Waals surface area contributed by atoms with Crippen LogP contribution >= 0.6 is 11.3 Å². The minimum absolute atomic E-state index is 0.154. The lowest BCUT2D eigenvalue weighted by atomic mass is 10.0. The van der Waals surface area contributed by atoms with Crippen LogP contribution in [0.4, 0.5) is 0 Å². The summed E-state index contributed by atoms with van der Waals surface area (Å²) in [5.41, 5.74) is 0. The van der Waals surface area contributed by atoms with Crippen LogP contribution < -0.4 is 10.6 Å². The second-order valence-electron chi connectivity index (χ2n) is 6.38. The van der Waals surface area contributed by atoms with Crippen molar-refractivity contribution in [3.63, 3.8) is 0 Å². The number of hydrogen-bond donors (Lipinski definition) is 2. The maximum Gasteiger partial charge on any atom is 0.261 e. The zero-order chi connectivity index (χ0) is 17.5. The smallest absolute Gasteiger partial charge is 0.261 e. The number of nitrogens with zero attached hydrogens (tertiary/aromatic N) is 1. The minimum atomic E-state index is -0.558. The van der Waals surface area contributed by atoms with E-state index in [1.807, 2.05) is 11.4 Å². The van der Waals surface area contributed by atoms with Crippen molar-refractivity contribution in [2.75, 3.05) is 32.8 Å². The van der Waals surface area contributed by atoms with E-state index in [4.69, 9.17) is 4.74 Å². The number of morpholine rings is 1. The first kappa shape index (κ1) is 18.9. The van der Waals surface area contributed by atoms with Gasteiger partial charge in [-0.2, -0.15) is 0 Å². The Hall–Kier alpha value is -1.44. The summed E-state index contributed by atoms with van der Waals surface area (Å²) in [7, 11) is 0. The number of hydrogen-bond acceptors (Lipinski definition) is 5. The molecular formula is C17H27N3O3S. The molecule has 2 amide bonds. The molecule has 2 atom stereocenters. The lowest BCUT2D eigenvalue weighted by Gasteiger charge is -2.37. The number of rotatable bonds is 7. The molecule has 7 heteroatoms. The largest absolute Gasteiger partial charge is 0.379 e. The van der Waals surface area contributed by atoms with E-state index >= 15 is 0 Å². The van der Waals surface area contributed by atoms with Gasteiger partial charge in [0.15, 0.2) is 0 Å². The highest BCUT2D eigenvalue weighted by molar-refractivity contribution is 7.12. The fourth-order valence-electron chi connectivity index (χ4n) is 2.79. The molecule has 1 aromatic rings. The summed E-state index contributed by atoms with van der Waals surface area (Å²) in [6.07, 6.45) is 0. The highest BCUT2D eigenvalue weighted by Crippen LogP contribution is 2.12. The summed E-state index contributed by atoms with van der Waals surface area (Å²) in [5.74, 6) is 0.0690. The summed E-state index contributed by atoms with van der Waals surface area (Å²) < 4.78 is 5.40. The van der Waals surface area contributed by atoms with E-state index in [1.165, 1.54) is 11.3 Å². The topological polar surface area (TPSA) is 70.7 Å². The van der Waals surface area contributed by atoms with E-state index < -0.39 is 6.04 Å². The Labute approximate surface area is 147 Å². The number of carbonyl (C=O) groups is 2. The minimum Gasteiger partial charge on any atom is -0.379 e. The Morgan fingerprint density at radius 3 is 2.58 bits per heavy atom. The molecule has 2 unspecified atom stereocenters. The monoisotopic (exact) mass is 353 g/mol. The lowest BCUT2D eigenvalue weighted by molar-refractivity contribution is -0.123. The molecular weight excluding hydrogens is 326 g/mol. The van der Waals surface area contributed by atoms with Gasteiger partial charge >= 0.3 is 0 Å². The van der Waals surface area contributed by atoms with Crippen LogP contribution in [0.3, 0.4) is 0 Å². The molecule has 24 heavy (non-hydrogen) atoms. The van der Waals surface area contributed by atoms with Gasteiger partial charge in [0.1, 0.15) is 6.04 Å². The van der Waals surface area contributed by atoms with Crippen molar-refractivity contribution in [1.82, 2.24) is 15.5 Å². The van der Waals surface area contributed by atoms with Crippen LogP contribution in [0.25, 0.3) is 0 Å². The van der Waals surface area contributed by atoms with E-state index in [9.17, 15) is 9.59 Å². The average molecular weight is 353 g/mol. The molecule has 134 valence electrons. The van der Waals surface area contributed by atoms with Crippen molar-refractivity contribution in [1.29, 1.82) is 0 Å². The first-order chi connectivity index (χ1) is 11.5. The highest BCUT2D eigenvalue weighted by atomic mass is 32.1. The molecule has 1 aliphatic rings. The van der Waals surface area contributed by atoms with Crippen molar-refractivity contribution in [3.8, 4) is 0 Å². The number of amides is 2. The molecule has 6 nitrogen and oxygen atoms in total. The van der Waals surface area contributed by atoms with Crippen molar-refractivity contribution in [2.24, 2.45) is 5.92 Å². The van der Waals surface area contributed by atoms with Crippen molar-refractivity contribution in [2.45, 2.75) is 32.9 Å². The molecule has 0 spiro atoms. The van der Waals surface area contributed by atoms with Gasteiger partial charge in [-0.05, 0) is 24.3 Å². The Morgan fingerprint density at radius 1 is 1.29 bits per heavy atom. The Bertz CT molecular complexity index is 527. The standard InChI is InChI=1S/C17H27N3O3S/c1-12(2)14(20-6-8-23-9-7-20)11-18-16(21)13(3)19-17(22)15-5-4-10-24-15/h4-5,10,12-14H,6-9,11H2,1-3H3,(H,18,21)(H,19,22). The van der Waals surface area contributed by atoms with Crippen LogP contribution in [0.15, 0.2) is 17.5 Å². The number of carbonyl (C=O) groups excluding carboxylic acids is 2. The molecule has 2 N–H and O–H groups in total. The van der Waals surface area contributed by atoms with E-state index in [2.05, 4.69) is 29.4 Å². The van der Waals surface area contributed by atoms with Crippen LogP contribution in [0, 0.1) is 5.92 Å². The summed E-state index contributed by atoms with van der Waals surface area (Å²) >= 11 is 1.36. The second kappa shape index (κ2) is 9.15. The van der Waals surface area contributed by atoms with Gasteiger partial charge in [-0.25, -0.2) is 0 Å². The molecule has 0 radical (unpaired) electrons. The number of ether oxygens (including phenoxy) is 1. The van der Waals surface area contributed by atoms with Gasteiger partial charge in [0, 0.05) is 25.7 Å². The molecule has 0 aliphatic carbocycles. The Kier molecular flexibility index (Phi) is 7.20. The van der Waals surface area contributed by atoms with Gasteiger partial charge < -0.3 is 15.4 Å². The van der Waals surface area contributed by atoms with Gasteiger partial charge in [0.2, 0.25) is 5.91 Å². The van der Waals surface area contributed by atoms with E-state index in [0.29, 0.717) is 17.3 Å². The molecule has 1 saturated heterocycles. The molecule has 2 rings (SSSR count). The van der Waals surface area contributed by atoms with Crippen LogP contribution in [0.5, 0.6) is 0 Å². The van der Waals surface area contributed by atoms with Crippen LogP contribution in [-0.4, -0.2) is 61.6 Å². The molecule has 1 aliphatic heterocycles. The molecule has 1 fully saturated rings. The van der Waals surface area contributed by atoms with Crippen molar-refractivity contribution in [3.05, 3.63) is 22.4 Å². The summed E-state index contributed by atoms with van der Waals surface area (Å²) in [4.78, 5) is 27.3. The molecule has 0 bridgehead atoms. The third kappa shape index (κ3) is 5.29. The summed E-state index contributed by atoms with van der Waals surface area (Å²) in [5, 5.41) is 7.56. The first-order valence-corrected chi connectivity index (χ1v) is 9.31. The Balaban J connectivity index is 1.82. The highest BCUT2D eigenvalue weighted by Gasteiger charge is 2.25. The quantitative estimate of drug-likeness (QED) is 0.776. The zero-order valence-corrected chi connectivity index (χ0v) is 15.4. The molecule has 2 heterocycles. The fraction of sp³-hybridized carbons (Fsp3) is 0.647. The van der Waals surface area contributed by atoms with Gasteiger partial charge in [0.25, 0.3) is 5.91 Å². The zero-order valence-electron chi connectivity index (χ0n) is 14.6. The van der Waals surface area contributed by atoms with Gasteiger partial charge in [-0.1, -0.05) is 19.9 Å². The van der Waals surface area contributed by atoms with E-state index in [-0.39, 0.29) is 17.9 Å². The third-order valence-electron chi connectivity index (χ3n) is 4.26. The first-order valence-electron chi connectivity index (χ1n) is 8.43. The normalized spacial score (nSPS) is 18.2. The Morgan fingerprint density at radius 2 is 2.00 bits per heavy atom. The average Bonchev–Trinajstić information content (AvgIpc) is 3.10. The van der Waals surface area contributed by atoms with Gasteiger partial charge in [-0.3, -0.25) is 14.5 Å². The lowest BCUT2D eigenvalue weighted by Crippen LogP contribution is -2.53. The SMILES string of the molecule is CC(NC(=O)c1cccs1)C(=O)NCC(C(C)C)N1CCOCC1. The van der Waals surface area contributed by atoms with Crippen molar-refractivity contribution < 1.29 is 14.3 Å².